The van der Waals surface area contributed by atoms with Gasteiger partial charge in [-0.05, 0) is 19.6 Å². The van der Waals surface area contributed by atoms with E-state index in [1.807, 2.05) is 31.2 Å². The Hall–Kier alpha value is -0.480. The van der Waals surface area contributed by atoms with Crippen LogP contribution in [0.1, 0.15) is 32.0 Å². The zero-order valence-electron chi connectivity index (χ0n) is 9.10. The number of aryl methyl sites for hydroxylation is 1. The minimum atomic E-state index is 0.0714. The van der Waals surface area contributed by atoms with Crippen LogP contribution in [0.5, 0.6) is 0 Å². The Morgan fingerprint density at radius 1 is 1.57 bits per heavy atom. The molecule has 2 atom stereocenters. The fourth-order valence-electron chi connectivity index (χ4n) is 1.34. The molecule has 0 aliphatic rings. The molecule has 3 nitrogen and oxygen atoms in total. The number of thioether (sulfide) groups is 1. The van der Waals surface area contributed by atoms with Crippen molar-refractivity contribution in [1.29, 1.82) is 0 Å². The highest BCUT2D eigenvalue weighted by atomic mass is 32.2. The minimum absolute atomic E-state index is 0.0714. The van der Waals surface area contributed by atoms with Crippen molar-refractivity contribution in [3.05, 3.63) is 18.2 Å². The van der Waals surface area contributed by atoms with Crippen molar-refractivity contribution in [2.24, 2.45) is 5.73 Å². The lowest BCUT2D eigenvalue weighted by molar-refractivity contribution is 0.591. The summed E-state index contributed by atoms with van der Waals surface area (Å²) in [5.74, 6) is 0. The lowest BCUT2D eigenvalue weighted by atomic mass is 10.2. The van der Waals surface area contributed by atoms with E-state index in [1.165, 1.54) is 0 Å². The Morgan fingerprint density at radius 3 is 2.86 bits per heavy atom. The molecule has 1 unspecified atom stereocenters. The first kappa shape index (κ1) is 11.6. The molecule has 1 aromatic rings. The van der Waals surface area contributed by atoms with Crippen molar-refractivity contribution in [1.82, 2.24) is 9.55 Å². The monoisotopic (exact) mass is 213 g/mol. The molecule has 0 radical (unpaired) electrons. The predicted octanol–water partition coefficient (Wildman–Crippen LogP) is 2.04. The second kappa shape index (κ2) is 5.41. The molecule has 1 aromatic heterocycles. The summed E-state index contributed by atoms with van der Waals surface area (Å²) in [6, 6.07) is 0.0714. The minimum Gasteiger partial charge on any atom is -0.333 e. The molecule has 0 bridgehead atoms. The van der Waals surface area contributed by atoms with Crippen molar-refractivity contribution in [2.75, 3.05) is 6.26 Å². The van der Waals surface area contributed by atoms with Crippen LogP contribution in [0.25, 0.3) is 0 Å². The van der Waals surface area contributed by atoms with Gasteiger partial charge in [0, 0.05) is 24.0 Å². The Bertz CT molecular complexity index is 270. The van der Waals surface area contributed by atoms with Gasteiger partial charge in [-0.25, -0.2) is 4.98 Å². The molecule has 1 heterocycles. The van der Waals surface area contributed by atoms with Gasteiger partial charge in [0.2, 0.25) is 0 Å². The molecule has 4 heteroatoms. The Morgan fingerprint density at radius 2 is 2.29 bits per heavy atom. The van der Waals surface area contributed by atoms with Crippen molar-refractivity contribution in [3.8, 4) is 0 Å². The van der Waals surface area contributed by atoms with E-state index >= 15 is 0 Å². The highest BCUT2D eigenvalue weighted by Crippen LogP contribution is 2.14. The summed E-state index contributed by atoms with van der Waals surface area (Å²) < 4.78 is 2.15. The van der Waals surface area contributed by atoms with Gasteiger partial charge in [0.25, 0.3) is 0 Å². The summed E-state index contributed by atoms with van der Waals surface area (Å²) >= 11 is 1.90. The number of nitrogens with two attached hydrogens (primary N) is 1. The van der Waals surface area contributed by atoms with Gasteiger partial charge < -0.3 is 10.3 Å². The van der Waals surface area contributed by atoms with Crippen LogP contribution < -0.4 is 5.73 Å². The average Bonchev–Trinajstić information content (AvgIpc) is 2.62. The molecule has 0 saturated heterocycles. The van der Waals surface area contributed by atoms with E-state index in [1.54, 1.807) is 0 Å². The van der Waals surface area contributed by atoms with Crippen LogP contribution in [-0.4, -0.2) is 21.1 Å². The Labute approximate surface area is 90.1 Å². The predicted molar refractivity (Wildman–Crippen MR) is 62.4 cm³/mol. The van der Waals surface area contributed by atoms with E-state index in [4.69, 9.17) is 5.73 Å². The smallest absolute Gasteiger partial charge is 0.0948 e. The van der Waals surface area contributed by atoms with Gasteiger partial charge in [0.1, 0.15) is 0 Å². The van der Waals surface area contributed by atoms with Gasteiger partial charge in [-0.3, -0.25) is 0 Å². The molecular formula is C10H19N3S. The normalized spacial score (nSPS) is 15.4. The SMILES string of the molecule is CSC(C)CCn1cncc1[C@@H](C)N. The molecule has 0 aliphatic carbocycles. The van der Waals surface area contributed by atoms with Crippen molar-refractivity contribution >= 4 is 11.8 Å². The zero-order valence-corrected chi connectivity index (χ0v) is 9.92. The first-order chi connectivity index (χ1) is 6.65. The third-order valence-electron chi connectivity index (χ3n) is 2.39. The summed E-state index contributed by atoms with van der Waals surface area (Å²) in [6.07, 6.45) is 7.03. The van der Waals surface area contributed by atoms with Crippen LogP contribution in [0.3, 0.4) is 0 Å². The maximum absolute atomic E-state index is 5.83. The number of rotatable bonds is 5. The Kier molecular flexibility index (Phi) is 4.48. The Balaban J connectivity index is 2.54. The third kappa shape index (κ3) is 3.03. The lowest BCUT2D eigenvalue weighted by Crippen LogP contribution is -2.13. The van der Waals surface area contributed by atoms with E-state index in [-0.39, 0.29) is 6.04 Å². The number of aromatic nitrogens is 2. The molecule has 0 spiro atoms. The van der Waals surface area contributed by atoms with Crippen molar-refractivity contribution in [3.63, 3.8) is 0 Å². The highest BCUT2D eigenvalue weighted by Gasteiger charge is 2.07. The number of hydrogen-bond donors (Lipinski definition) is 1. The largest absolute Gasteiger partial charge is 0.333 e. The van der Waals surface area contributed by atoms with Gasteiger partial charge in [-0.15, -0.1) is 0 Å². The second-order valence-electron chi connectivity index (χ2n) is 3.64. The van der Waals surface area contributed by atoms with Crippen LogP contribution in [0.4, 0.5) is 0 Å². The van der Waals surface area contributed by atoms with Gasteiger partial charge in [-0.1, -0.05) is 6.92 Å². The summed E-state index contributed by atoms with van der Waals surface area (Å²) in [5.41, 5.74) is 6.96. The van der Waals surface area contributed by atoms with E-state index in [9.17, 15) is 0 Å². The molecule has 0 amide bonds. The summed E-state index contributed by atoms with van der Waals surface area (Å²) in [5, 5.41) is 0.693. The van der Waals surface area contributed by atoms with Crippen LogP contribution in [0.15, 0.2) is 12.5 Å². The van der Waals surface area contributed by atoms with E-state index in [0.717, 1.165) is 18.7 Å². The van der Waals surface area contributed by atoms with Gasteiger partial charge in [0.15, 0.2) is 0 Å². The van der Waals surface area contributed by atoms with Crippen molar-refractivity contribution in [2.45, 2.75) is 38.1 Å². The first-order valence-electron chi connectivity index (χ1n) is 4.93. The molecule has 0 saturated carbocycles. The summed E-state index contributed by atoms with van der Waals surface area (Å²) in [4.78, 5) is 4.12. The molecule has 1 rings (SSSR count). The van der Waals surface area contributed by atoms with Crippen molar-refractivity contribution < 1.29 is 0 Å². The molecular weight excluding hydrogens is 194 g/mol. The van der Waals surface area contributed by atoms with Gasteiger partial charge in [-0.2, -0.15) is 11.8 Å². The van der Waals surface area contributed by atoms with Crippen LogP contribution in [0.2, 0.25) is 0 Å². The maximum Gasteiger partial charge on any atom is 0.0948 e. The fourth-order valence-corrected chi connectivity index (χ4v) is 1.68. The number of nitrogens with zero attached hydrogens (tertiary/aromatic N) is 2. The topological polar surface area (TPSA) is 43.8 Å². The number of imidazole rings is 1. The molecule has 2 N–H and O–H groups in total. The molecule has 0 aliphatic heterocycles. The molecule has 0 aromatic carbocycles. The zero-order chi connectivity index (χ0) is 10.6. The van der Waals surface area contributed by atoms with E-state index in [0.29, 0.717) is 5.25 Å². The van der Waals surface area contributed by atoms with Gasteiger partial charge in [0.05, 0.1) is 12.0 Å². The fraction of sp³-hybridized carbons (Fsp3) is 0.700. The highest BCUT2D eigenvalue weighted by molar-refractivity contribution is 7.99. The third-order valence-corrected chi connectivity index (χ3v) is 3.43. The van der Waals surface area contributed by atoms with E-state index < -0.39 is 0 Å². The van der Waals surface area contributed by atoms with Crippen LogP contribution in [0, 0.1) is 0 Å². The summed E-state index contributed by atoms with van der Waals surface area (Å²) in [7, 11) is 0. The van der Waals surface area contributed by atoms with Crippen LogP contribution >= 0.6 is 11.8 Å². The molecule has 0 fully saturated rings. The molecule has 14 heavy (non-hydrogen) atoms. The lowest BCUT2D eigenvalue weighted by Gasteiger charge is -2.12. The van der Waals surface area contributed by atoms with Crippen LogP contribution in [-0.2, 0) is 6.54 Å². The summed E-state index contributed by atoms with van der Waals surface area (Å²) in [6.45, 7) is 5.25. The molecule has 80 valence electrons. The van der Waals surface area contributed by atoms with Gasteiger partial charge >= 0.3 is 0 Å². The maximum atomic E-state index is 5.83. The average molecular weight is 213 g/mol. The first-order valence-corrected chi connectivity index (χ1v) is 6.22. The second-order valence-corrected chi connectivity index (χ2v) is 4.91. The van der Waals surface area contributed by atoms with E-state index in [2.05, 4.69) is 22.7 Å². The standard InChI is InChI=1S/C10H19N3S/c1-8(14-3)4-5-13-7-12-6-10(13)9(2)11/h6-9H,4-5,11H2,1-3H3/t8?,9-/m1/s1. The number of hydrogen-bond acceptors (Lipinski definition) is 3. The quantitative estimate of drug-likeness (QED) is 0.814.